The molecule has 0 spiro atoms. The molecule has 5 rings (SSSR count). The van der Waals surface area contributed by atoms with Crippen molar-refractivity contribution in [2.24, 2.45) is 11.7 Å². The van der Waals surface area contributed by atoms with Crippen molar-refractivity contribution in [3.05, 3.63) is 47.4 Å². The summed E-state index contributed by atoms with van der Waals surface area (Å²) in [6.07, 6.45) is 3.13. The largest absolute Gasteiger partial charge is 0.415 e. The molecular weight excluding hydrogens is 406 g/mol. The summed E-state index contributed by atoms with van der Waals surface area (Å²) in [6, 6.07) is 8.16. The second-order valence-electron chi connectivity index (χ2n) is 8.83. The lowest BCUT2D eigenvalue weighted by Crippen LogP contribution is -2.37. The lowest BCUT2D eigenvalue weighted by molar-refractivity contribution is 0.000398. The van der Waals surface area contributed by atoms with Gasteiger partial charge in [0, 0.05) is 53.6 Å². The van der Waals surface area contributed by atoms with Gasteiger partial charge in [-0.1, -0.05) is 12.1 Å². The highest BCUT2D eigenvalue weighted by Gasteiger charge is 2.47. The van der Waals surface area contributed by atoms with E-state index in [0.717, 1.165) is 49.4 Å². The molecule has 9 nitrogen and oxygen atoms in total. The van der Waals surface area contributed by atoms with Gasteiger partial charge in [0.25, 0.3) is 5.89 Å². The summed E-state index contributed by atoms with van der Waals surface area (Å²) in [5.41, 5.74) is 10.2. The maximum Gasteiger partial charge on any atom is 0.268 e. The molecule has 32 heavy (non-hydrogen) atoms. The fourth-order valence-electron chi connectivity index (χ4n) is 4.46. The first-order valence-electron chi connectivity index (χ1n) is 11.1. The van der Waals surface area contributed by atoms with E-state index in [1.807, 2.05) is 38.2 Å². The van der Waals surface area contributed by atoms with E-state index in [0.29, 0.717) is 17.5 Å². The standard InChI is InChI=1S/C23H29N7O2.3H2/c1-13-20(22-29-28-21(32-22)15-5-3-14(4-6-15)10-25-2)27-19(11-26-13)17-9-18(17)23(31)30-8-7-16(24)12-30;;;/h3-6,11,16-18,23,25,31H,7-10,12,24H2,1-2H3;3*1H/t16-,17?,18?,23?;;;/m1.../s1. The van der Waals surface area contributed by atoms with Crippen molar-refractivity contribution in [3.8, 4) is 23.0 Å². The Hall–Kier alpha value is -2.72. The Morgan fingerprint density at radius 1 is 1.28 bits per heavy atom. The van der Waals surface area contributed by atoms with Crippen molar-refractivity contribution in [2.45, 2.75) is 44.5 Å². The molecule has 3 aromatic rings. The number of benzene rings is 1. The molecule has 2 aromatic heterocycles. The average molecular weight is 442 g/mol. The Bertz CT molecular complexity index is 1100. The summed E-state index contributed by atoms with van der Waals surface area (Å²) in [5, 5.41) is 22.3. The molecule has 4 N–H and O–H groups in total. The molecule has 2 aliphatic rings. The van der Waals surface area contributed by atoms with Gasteiger partial charge in [-0.15, -0.1) is 10.2 Å². The Labute approximate surface area is 191 Å². The van der Waals surface area contributed by atoms with Gasteiger partial charge < -0.3 is 20.6 Å². The molecule has 1 aliphatic carbocycles. The quantitative estimate of drug-likeness (QED) is 0.506. The van der Waals surface area contributed by atoms with Crippen molar-refractivity contribution >= 4 is 0 Å². The lowest BCUT2D eigenvalue weighted by atomic mass is 10.1. The van der Waals surface area contributed by atoms with Gasteiger partial charge in [0.05, 0.1) is 11.4 Å². The smallest absolute Gasteiger partial charge is 0.268 e. The molecule has 0 radical (unpaired) electrons. The third kappa shape index (κ3) is 4.16. The van der Waals surface area contributed by atoms with Crippen molar-refractivity contribution in [2.75, 3.05) is 20.1 Å². The molecule has 2 fully saturated rings. The molecule has 0 amide bonds. The van der Waals surface area contributed by atoms with E-state index < -0.39 is 6.23 Å². The summed E-state index contributed by atoms with van der Waals surface area (Å²) in [6.45, 7) is 4.28. The van der Waals surface area contributed by atoms with Crippen LogP contribution in [-0.2, 0) is 6.54 Å². The van der Waals surface area contributed by atoms with E-state index in [-0.39, 0.29) is 22.2 Å². The van der Waals surface area contributed by atoms with Crippen LogP contribution in [0.1, 0.15) is 40.0 Å². The first-order chi connectivity index (χ1) is 15.5. The van der Waals surface area contributed by atoms with Crippen LogP contribution in [0.15, 0.2) is 34.9 Å². The summed E-state index contributed by atoms with van der Waals surface area (Å²) < 4.78 is 5.95. The number of hydrogen-bond acceptors (Lipinski definition) is 9. The predicted molar refractivity (Wildman–Crippen MR) is 126 cm³/mol. The topological polar surface area (TPSA) is 126 Å². The highest BCUT2D eigenvalue weighted by Crippen LogP contribution is 2.50. The monoisotopic (exact) mass is 441 g/mol. The Morgan fingerprint density at radius 3 is 2.78 bits per heavy atom. The molecule has 3 heterocycles. The number of aryl methyl sites for hydroxylation is 1. The van der Waals surface area contributed by atoms with Gasteiger partial charge in [0.15, 0.2) is 0 Å². The van der Waals surface area contributed by atoms with E-state index in [4.69, 9.17) is 15.1 Å². The highest BCUT2D eigenvalue weighted by molar-refractivity contribution is 5.57. The van der Waals surface area contributed by atoms with Gasteiger partial charge in [-0.05, 0) is 44.5 Å². The van der Waals surface area contributed by atoms with Crippen LogP contribution in [0.2, 0.25) is 0 Å². The van der Waals surface area contributed by atoms with E-state index in [2.05, 4.69) is 25.4 Å². The van der Waals surface area contributed by atoms with E-state index in [1.165, 1.54) is 5.56 Å². The molecule has 1 aliphatic heterocycles. The van der Waals surface area contributed by atoms with E-state index >= 15 is 0 Å². The van der Waals surface area contributed by atoms with Gasteiger partial charge >= 0.3 is 0 Å². The van der Waals surface area contributed by atoms with Crippen LogP contribution in [0.4, 0.5) is 0 Å². The zero-order valence-corrected chi connectivity index (χ0v) is 18.4. The molecule has 4 atom stereocenters. The van der Waals surface area contributed by atoms with Crippen LogP contribution in [0.5, 0.6) is 0 Å². The van der Waals surface area contributed by atoms with E-state index in [9.17, 15) is 5.11 Å². The Kier molecular flexibility index (Phi) is 5.73. The van der Waals surface area contributed by atoms with Crippen molar-refractivity contribution in [1.29, 1.82) is 0 Å². The molecule has 0 bridgehead atoms. The number of likely N-dealkylation sites (tertiary alicyclic amines) is 1. The van der Waals surface area contributed by atoms with Gasteiger partial charge in [-0.2, -0.15) is 0 Å². The highest BCUT2D eigenvalue weighted by atomic mass is 16.4. The van der Waals surface area contributed by atoms with Gasteiger partial charge in [-0.3, -0.25) is 9.88 Å². The second kappa shape index (κ2) is 8.67. The molecule has 9 heteroatoms. The minimum absolute atomic E-state index is 0. The molecule has 1 saturated carbocycles. The number of hydrogen-bond donors (Lipinski definition) is 3. The number of aliphatic hydroxyl groups excluding tert-OH is 1. The number of rotatable bonds is 7. The molecule has 174 valence electrons. The zero-order valence-electron chi connectivity index (χ0n) is 18.4. The normalized spacial score (nSPS) is 24.1. The third-order valence-electron chi connectivity index (χ3n) is 6.42. The summed E-state index contributed by atoms with van der Waals surface area (Å²) in [5.74, 6) is 1.14. The van der Waals surface area contributed by atoms with Crippen LogP contribution >= 0.6 is 0 Å². The van der Waals surface area contributed by atoms with Gasteiger partial charge in [-0.25, -0.2) is 4.98 Å². The number of aliphatic hydroxyl groups is 1. The van der Waals surface area contributed by atoms with Crippen molar-refractivity contribution in [1.82, 2.24) is 30.4 Å². The van der Waals surface area contributed by atoms with Crippen molar-refractivity contribution < 1.29 is 13.8 Å². The number of aromatic nitrogens is 4. The number of nitrogens with zero attached hydrogens (tertiary/aromatic N) is 5. The molecule has 1 saturated heterocycles. The summed E-state index contributed by atoms with van der Waals surface area (Å²) >= 11 is 0. The fraction of sp³-hybridized carbons (Fsp3) is 0.478. The number of nitrogens with two attached hydrogens (primary N) is 1. The average Bonchev–Trinajstić information content (AvgIpc) is 3.22. The summed E-state index contributed by atoms with van der Waals surface area (Å²) in [4.78, 5) is 11.4. The van der Waals surface area contributed by atoms with Crippen LogP contribution < -0.4 is 11.1 Å². The third-order valence-corrected chi connectivity index (χ3v) is 6.42. The van der Waals surface area contributed by atoms with Gasteiger partial charge in [0.1, 0.15) is 11.9 Å². The van der Waals surface area contributed by atoms with Crippen LogP contribution in [0.25, 0.3) is 23.0 Å². The van der Waals surface area contributed by atoms with Crippen molar-refractivity contribution in [3.63, 3.8) is 0 Å². The minimum Gasteiger partial charge on any atom is -0.415 e. The van der Waals surface area contributed by atoms with Crippen LogP contribution in [-0.4, -0.2) is 62.6 Å². The molecule has 3 unspecified atom stereocenters. The minimum atomic E-state index is -0.485. The molecule has 1 aromatic carbocycles. The maximum atomic E-state index is 10.7. The number of nitrogens with one attached hydrogen (secondary N) is 1. The first-order valence-corrected chi connectivity index (χ1v) is 11.1. The maximum absolute atomic E-state index is 10.7. The Balaban J connectivity index is 0.00000144. The fourth-order valence-corrected chi connectivity index (χ4v) is 4.46. The zero-order chi connectivity index (χ0) is 22.2. The van der Waals surface area contributed by atoms with Gasteiger partial charge in [0.2, 0.25) is 5.89 Å². The lowest BCUT2D eigenvalue weighted by Gasteiger charge is -2.22. The molecular formula is C23H35N7O2. The predicted octanol–water partition coefficient (Wildman–Crippen LogP) is 2.41. The Morgan fingerprint density at radius 2 is 2.06 bits per heavy atom. The first kappa shape index (κ1) is 21.1. The summed E-state index contributed by atoms with van der Waals surface area (Å²) in [7, 11) is 1.92. The SMILES string of the molecule is CNCc1ccc(-c2nnc(-c3nc(C4CC4C(O)N4CC[C@@H](N)C4)cnc3C)o2)cc1.[HH].[HH].[HH]. The van der Waals surface area contributed by atoms with Crippen LogP contribution in [0.3, 0.4) is 0 Å². The van der Waals surface area contributed by atoms with E-state index in [1.54, 1.807) is 6.20 Å². The second-order valence-corrected chi connectivity index (χ2v) is 8.83. The van der Waals surface area contributed by atoms with Crippen LogP contribution in [0, 0.1) is 12.8 Å².